The monoisotopic (exact) mass is 234 g/mol. The molecule has 92 valence electrons. The minimum atomic E-state index is -0.264. The van der Waals surface area contributed by atoms with E-state index in [-0.39, 0.29) is 11.2 Å². The van der Waals surface area contributed by atoms with E-state index in [1.165, 1.54) is 6.07 Å². The number of nitriles is 1. The zero-order valence-electron chi connectivity index (χ0n) is 10.5. The van der Waals surface area contributed by atoms with E-state index in [0.29, 0.717) is 12.1 Å². The fourth-order valence-corrected chi connectivity index (χ4v) is 1.58. The maximum absolute atomic E-state index is 13.3. The van der Waals surface area contributed by atoms with Crippen LogP contribution >= 0.6 is 0 Å². The molecular formula is C14H19FN2. The van der Waals surface area contributed by atoms with Crippen molar-refractivity contribution in [1.29, 1.82) is 5.26 Å². The number of nitrogens with one attached hydrogen (secondary N) is 1. The van der Waals surface area contributed by atoms with Crippen LogP contribution in [0.15, 0.2) is 24.3 Å². The number of rotatable bonds is 6. The molecule has 0 aliphatic heterocycles. The highest BCUT2D eigenvalue weighted by Crippen LogP contribution is 2.19. The molecule has 1 N–H and O–H groups in total. The Balaban J connectivity index is 2.22. The lowest BCUT2D eigenvalue weighted by Crippen LogP contribution is -2.18. The molecular weight excluding hydrogens is 215 g/mol. The molecule has 0 spiro atoms. The van der Waals surface area contributed by atoms with Crippen LogP contribution in [0.2, 0.25) is 0 Å². The molecule has 0 aromatic heterocycles. The Labute approximate surface area is 102 Å². The Morgan fingerprint density at radius 3 is 2.71 bits per heavy atom. The zero-order chi connectivity index (χ0) is 12.7. The molecule has 0 aliphatic rings. The second-order valence-electron chi connectivity index (χ2n) is 4.87. The summed E-state index contributed by atoms with van der Waals surface area (Å²) < 4.78 is 13.3. The fraction of sp³-hybridized carbons (Fsp3) is 0.500. The summed E-state index contributed by atoms with van der Waals surface area (Å²) >= 11 is 0. The number of hydrogen-bond donors (Lipinski definition) is 1. The van der Waals surface area contributed by atoms with Gasteiger partial charge < -0.3 is 5.32 Å². The number of nitrogens with zero attached hydrogens (tertiary/aromatic N) is 1. The van der Waals surface area contributed by atoms with Gasteiger partial charge in [0.15, 0.2) is 0 Å². The molecule has 1 aromatic rings. The molecule has 17 heavy (non-hydrogen) atoms. The van der Waals surface area contributed by atoms with Crippen LogP contribution in [0.5, 0.6) is 0 Å². The van der Waals surface area contributed by atoms with Crippen molar-refractivity contribution in [3.8, 4) is 6.07 Å². The first kappa shape index (κ1) is 13.7. The van der Waals surface area contributed by atoms with E-state index in [2.05, 4.69) is 11.4 Å². The van der Waals surface area contributed by atoms with Gasteiger partial charge in [-0.05, 0) is 39.3 Å². The van der Waals surface area contributed by atoms with Crippen molar-refractivity contribution in [2.45, 2.75) is 33.2 Å². The quantitative estimate of drug-likeness (QED) is 0.767. The third kappa shape index (κ3) is 4.97. The first-order valence-electron chi connectivity index (χ1n) is 5.90. The minimum Gasteiger partial charge on any atom is -0.313 e. The van der Waals surface area contributed by atoms with Gasteiger partial charge >= 0.3 is 0 Å². The highest BCUT2D eigenvalue weighted by Gasteiger charge is 2.15. The first-order valence-corrected chi connectivity index (χ1v) is 5.90. The van der Waals surface area contributed by atoms with E-state index in [4.69, 9.17) is 5.26 Å². The van der Waals surface area contributed by atoms with Crippen LogP contribution in [0.25, 0.3) is 0 Å². The molecule has 1 rings (SSSR count). The number of hydrogen-bond acceptors (Lipinski definition) is 2. The molecule has 0 bridgehead atoms. The largest absolute Gasteiger partial charge is 0.313 e. The van der Waals surface area contributed by atoms with Crippen molar-refractivity contribution in [3.05, 3.63) is 35.6 Å². The van der Waals surface area contributed by atoms with Gasteiger partial charge in [-0.3, -0.25) is 0 Å². The summed E-state index contributed by atoms with van der Waals surface area (Å²) in [7, 11) is 0. The molecule has 1 aromatic carbocycles. The van der Waals surface area contributed by atoms with Gasteiger partial charge in [-0.1, -0.05) is 18.2 Å². The third-order valence-corrected chi connectivity index (χ3v) is 2.73. The summed E-state index contributed by atoms with van der Waals surface area (Å²) in [4.78, 5) is 0. The molecule has 0 unspecified atom stereocenters. The second-order valence-corrected chi connectivity index (χ2v) is 4.87. The fourth-order valence-electron chi connectivity index (χ4n) is 1.58. The lowest BCUT2D eigenvalue weighted by Gasteiger charge is -2.14. The van der Waals surface area contributed by atoms with Gasteiger partial charge in [0.1, 0.15) is 5.82 Å². The Bertz CT molecular complexity index is 393. The van der Waals surface area contributed by atoms with Crippen LogP contribution in [0.3, 0.4) is 0 Å². The lowest BCUT2D eigenvalue weighted by atomic mass is 9.90. The summed E-state index contributed by atoms with van der Waals surface area (Å²) in [5.74, 6) is -0.169. The van der Waals surface area contributed by atoms with Gasteiger partial charge in [-0.25, -0.2) is 4.39 Å². The molecule has 0 atom stereocenters. The van der Waals surface area contributed by atoms with E-state index >= 15 is 0 Å². The van der Waals surface area contributed by atoms with Crippen LogP contribution in [0.1, 0.15) is 32.3 Å². The summed E-state index contributed by atoms with van der Waals surface area (Å²) in [5.41, 5.74) is 0.423. The molecule has 0 amide bonds. The summed E-state index contributed by atoms with van der Waals surface area (Å²) in [6, 6.07) is 9.04. The Morgan fingerprint density at radius 2 is 2.06 bits per heavy atom. The second kappa shape index (κ2) is 6.36. The molecule has 0 saturated heterocycles. The highest BCUT2D eigenvalue weighted by molar-refractivity contribution is 5.16. The Hall–Kier alpha value is -1.40. The van der Waals surface area contributed by atoms with Crippen LogP contribution in [-0.2, 0) is 6.54 Å². The van der Waals surface area contributed by atoms with E-state index < -0.39 is 0 Å². The van der Waals surface area contributed by atoms with Crippen molar-refractivity contribution < 1.29 is 4.39 Å². The van der Waals surface area contributed by atoms with Gasteiger partial charge in [0, 0.05) is 12.1 Å². The highest BCUT2D eigenvalue weighted by atomic mass is 19.1. The van der Waals surface area contributed by atoms with Crippen molar-refractivity contribution >= 4 is 0 Å². The average Bonchev–Trinajstić information content (AvgIpc) is 2.31. The van der Waals surface area contributed by atoms with Gasteiger partial charge in [-0.15, -0.1) is 0 Å². The van der Waals surface area contributed by atoms with Gasteiger partial charge in [0.25, 0.3) is 0 Å². The Morgan fingerprint density at radius 1 is 1.35 bits per heavy atom. The van der Waals surface area contributed by atoms with Gasteiger partial charge in [0.2, 0.25) is 0 Å². The van der Waals surface area contributed by atoms with Crippen LogP contribution in [0.4, 0.5) is 4.39 Å². The molecule has 0 radical (unpaired) electrons. The molecule has 0 saturated carbocycles. The van der Waals surface area contributed by atoms with E-state index in [1.807, 2.05) is 19.9 Å². The molecule has 0 heterocycles. The van der Waals surface area contributed by atoms with Gasteiger partial charge in [-0.2, -0.15) is 5.26 Å². The number of benzene rings is 1. The summed E-state index contributed by atoms with van der Waals surface area (Å²) in [6.07, 6.45) is 1.78. The van der Waals surface area contributed by atoms with E-state index in [9.17, 15) is 4.39 Å². The molecule has 2 nitrogen and oxygen atoms in total. The lowest BCUT2D eigenvalue weighted by molar-refractivity contribution is 0.425. The van der Waals surface area contributed by atoms with Crippen LogP contribution < -0.4 is 5.32 Å². The maximum atomic E-state index is 13.3. The van der Waals surface area contributed by atoms with Crippen molar-refractivity contribution in [1.82, 2.24) is 5.32 Å². The normalized spacial score (nSPS) is 11.2. The Kier molecular flexibility index (Phi) is 5.11. The predicted octanol–water partition coefficient (Wildman–Crippen LogP) is 3.25. The zero-order valence-corrected chi connectivity index (χ0v) is 10.5. The smallest absolute Gasteiger partial charge is 0.127 e. The van der Waals surface area contributed by atoms with Crippen molar-refractivity contribution in [3.63, 3.8) is 0 Å². The van der Waals surface area contributed by atoms with Crippen LogP contribution in [-0.4, -0.2) is 6.54 Å². The molecule has 3 heteroatoms. The molecule has 0 aliphatic carbocycles. The minimum absolute atomic E-state index is 0.169. The van der Waals surface area contributed by atoms with Gasteiger partial charge in [0.05, 0.1) is 11.5 Å². The van der Waals surface area contributed by atoms with E-state index in [0.717, 1.165) is 19.4 Å². The van der Waals surface area contributed by atoms with Crippen molar-refractivity contribution in [2.24, 2.45) is 5.41 Å². The summed E-state index contributed by atoms with van der Waals surface area (Å²) in [5, 5.41) is 12.0. The molecule has 0 fully saturated rings. The topological polar surface area (TPSA) is 35.8 Å². The first-order chi connectivity index (χ1) is 8.05. The predicted molar refractivity (Wildman–Crippen MR) is 66.7 cm³/mol. The summed E-state index contributed by atoms with van der Waals surface area (Å²) in [6.45, 7) is 5.22. The SMILES string of the molecule is CC(C)(C#N)CCCNCc1ccccc1F. The van der Waals surface area contributed by atoms with Crippen molar-refractivity contribution in [2.75, 3.05) is 6.54 Å². The number of halogens is 1. The maximum Gasteiger partial charge on any atom is 0.127 e. The standard InChI is InChI=1S/C14H19FN2/c1-14(2,11-16)8-5-9-17-10-12-6-3-4-7-13(12)15/h3-4,6-7,17H,5,8-10H2,1-2H3. The van der Waals surface area contributed by atoms with Crippen LogP contribution in [0, 0.1) is 22.6 Å². The average molecular weight is 234 g/mol. The van der Waals surface area contributed by atoms with E-state index in [1.54, 1.807) is 12.1 Å². The third-order valence-electron chi connectivity index (χ3n) is 2.73.